The molecule has 0 fully saturated rings. The monoisotopic (exact) mass is 224 g/mol. The van der Waals surface area contributed by atoms with Crippen molar-refractivity contribution in [2.75, 3.05) is 0 Å². The Bertz CT molecular complexity index is 236. The van der Waals surface area contributed by atoms with E-state index in [1.54, 1.807) is 13.1 Å². The lowest BCUT2D eigenvalue weighted by Crippen LogP contribution is -2.09. The Hall–Kier alpha value is -0.260. The van der Waals surface area contributed by atoms with Crippen LogP contribution in [-0.2, 0) is 7.05 Å². The van der Waals surface area contributed by atoms with Crippen molar-refractivity contribution in [2.24, 2.45) is 7.05 Å². The van der Waals surface area contributed by atoms with Gasteiger partial charge in [-0.1, -0.05) is 0 Å². The van der Waals surface area contributed by atoms with E-state index in [-0.39, 0.29) is 5.56 Å². The Labute approximate surface area is 59.8 Å². The molecule has 44 valence electrons. The number of rotatable bonds is 0. The molecule has 0 aliphatic carbocycles. The third kappa shape index (κ3) is 0.936. The first-order chi connectivity index (χ1) is 3.70. The second kappa shape index (κ2) is 1.93. The van der Waals surface area contributed by atoms with E-state index in [0.29, 0.717) is 0 Å². The van der Waals surface area contributed by atoms with Gasteiger partial charge in [-0.05, 0) is 22.6 Å². The van der Waals surface area contributed by atoms with Crippen molar-refractivity contribution in [3.8, 4) is 0 Å². The molecule has 0 amide bonds. The average Bonchev–Trinajstić information content (AvgIpc) is 1.85. The van der Waals surface area contributed by atoms with Crippen LogP contribution in [-0.4, -0.2) is 9.78 Å². The average molecular weight is 224 g/mol. The fourth-order valence-corrected chi connectivity index (χ4v) is 1.08. The Morgan fingerprint density at radius 2 is 2.50 bits per heavy atom. The Morgan fingerprint density at radius 1 is 1.88 bits per heavy atom. The third-order valence-electron chi connectivity index (χ3n) is 0.855. The molecule has 0 saturated heterocycles. The van der Waals surface area contributed by atoms with E-state index in [2.05, 4.69) is 5.10 Å². The molecular weight excluding hydrogens is 219 g/mol. The minimum Gasteiger partial charge on any atom is -0.290 e. The molecule has 0 atom stereocenters. The number of hydrogen-bond acceptors (Lipinski definition) is 1. The van der Waals surface area contributed by atoms with Crippen LogP contribution >= 0.6 is 22.6 Å². The fraction of sp³-hybridized carbons (Fsp3) is 0.250. The summed E-state index contributed by atoms with van der Waals surface area (Å²) in [5.41, 5.74) is 0.00870. The molecule has 0 unspecified atom stereocenters. The van der Waals surface area contributed by atoms with Gasteiger partial charge in [0.2, 0.25) is 0 Å². The molecule has 0 aliphatic heterocycles. The van der Waals surface area contributed by atoms with Crippen molar-refractivity contribution >= 4 is 22.6 Å². The predicted molar refractivity (Wildman–Crippen MR) is 38.8 cm³/mol. The summed E-state index contributed by atoms with van der Waals surface area (Å²) >= 11 is 2.05. The summed E-state index contributed by atoms with van der Waals surface area (Å²) in [6.07, 6.45) is 0. The van der Waals surface area contributed by atoms with Crippen molar-refractivity contribution in [1.29, 1.82) is 0 Å². The lowest BCUT2D eigenvalue weighted by Gasteiger charge is -1.82. The summed E-state index contributed by atoms with van der Waals surface area (Å²) in [5, 5.41) is 2.80. The van der Waals surface area contributed by atoms with Gasteiger partial charge in [0.05, 0.1) is 3.70 Å². The topological polar surface area (TPSA) is 37.8 Å². The zero-order chi connectivity index (χ0) is 6.15. The second-order valence-corrected chi connectivity index (χ2v) is 2.66. The smallest absolute Gasteiger partial charge is 0.267 e. The van der Waals surface area contributed by atoms with Gasteiger partial charge in [-0.2, -0.15) is 0 Å². The van der Waals surface area contributed by atoms with Crippen molar-refractivity contribution in [3.63, 3.8) is 0 Å². The largest absolute Gasteiger partial charge is 0.290 e. The van der Waals surface area contributed by atoms with Gasteiger partial charge in [0.15, 0.2) is 0 Å². The van der Waals surface area contributed by atoms with E-state index in [1.165, 1.54) is 4.68 Å². The number of H-pyrrole nitrogens is 1. The predicted octanol–water partition coefficient (Wildman–Crippen LogP) is 0.318. The van der Waals surface area contributed by atoms with Crippen LogP contribution in [0, 0.1) is 3.70 Å². The normalized spacial score (nSPS) is 9.75. The summed E-state index contributed by atoms with van der Waals surface area (Å²) in [6.45, 7) is 0. The number of aryl methyl sites for hydroxylation is 1. The molecule has 1 rings (SSSR count). The number of halogens is 1. The summed E-state index contributed by atoms with van der Waals surface area (Å²) < 4.78 is 2.30. The lowest BCUT2D eigenvalue weighted by atomic mass is 10.7. The minimum absolute atomic E-state index is 0.00870. The summed E-state index contributed by atoms with van der Waals surface area (Å²) in [7, 11) is 1.69. The van der Waals surface area contributed by atoms with Crippen LogP contribution < -0.4 is 5.56 Å². The molecule has 0 aliphatic rings. The van der Waals surface area contributed by atoms with Crippen molar-refractivity contribution in [3.05, 3.63) is 20.1 Å². The maximum absolute atomic E-state index is 10.6. The summed E-state index contributed by atoms with van der Waals surface area (Å²) in [6, 6.07) is 1.54. The van der Waals surface area contributed by atoms with Crippen LogP contribution in [0.4, 0.5) is 0 Å². The Morgan fingerprint density at radius 3 is 2.62 bits per heavy atom. The van der Waals surface area contributed by atoms with Crippen LogP contribution in [0.25, 0.3) is 0 Å². The standard InChI is InChI=1S/C4H5IN2O/c1-7-4(8)2-3(5)6-7/h2,6H,1H3. The van der Waals surface area contributed by atoms with Crippen LogP contribution in [0.2, 0.25) is 0 Å². The molecule has 8 heavy (non-hydrogen) atoms. The molecule has 3 nitrogen and oxygen atoms in total. The zero-order valence-corrected chi connectivity index (χ0v) is 6.47. The maximum atomic E-state index is 10.6. The summed E-state index contributed by atoms with van der Waals surface area (Å²) in [5.74, 6) is 0. The highest BCUT2D eigenvalue weighted by molar-refractivity contribution is 14.1. The number of aromatic nitrogens is 2. The van der Waals surface area contributed by atoms with Crippen LogP contribution in [0.5, 0.6) is 0 Å². The fourth-order valence-electron chi connectivity index (χ4n) is 0.453. The SMILES string of the molecule is Cn1[nH]c(I)cc1=O. The number of aromatic amines is 1. The van der Waals surface area contributed by atoms with E-state index in [4.69, 9.17) is 0 Å². The third-order valence-corrected chi connectivity index (χ3v) is 1.41. The number of nitrogens with one attached hydrogen (secondary N) is 1. The molecule has 1 aromatic heterocycles. The van der Waals surface area contributed by atoms with Gasteiger partial charge in [-0.25, -0.2) is 0 Å². The Kier molecular flexibility index (Phi) is 1.41. The lowest BCUT2D eigenvalue weighted by molar-refractivity contribution is 0.733. The zero-order valence-electron chi connectivity index (χ0n) is 4.31. The first kappa shape index (κ1) is 5.87. The van der Waals surface area contributed by atoms with Crippen LogP contribution in [0.3, 0.4) is 0 Å². The highest BCUT2D eigenvalue weighted by Gasteiger charge is 1.91. The molecule has 0 spiro atoms. The summed E-state index contributed by atoms with van der Waals surface area (Å²) in [4.78, 5) is 10.6. The molecule has 0 bridgehead atoms. The van der Waals surface area contributed by atoms with E-state index >= 15 is 0 Å². The first-order valence-corrected chi connectivity index (χ1v) is 3.19. The van der Waals surface area contributed by atoms with Crippen molar-refractivity contribution in [2.45, 2.75) is 0 Å². The first-order valence-electron chi connectivity index (χ1n) is 2.11. The highest BCUT2D eigenvalue weighted by atomic mass is 127. The van der Waals surface area contributed by atoms with Crippen LogP contribution in [0.15, 0.2) is 10.9 Å². The maximum Gasteiger partial charge on any atom is 0.267 e. The molecule has 1 N–H and O–H groups in total. The van der Waals surface area contributed by atoms with Gasteiger partial charge in [-0.15, -0.1) is 0 Å². The quantitative estimate of drug-likeness (QED) is 0.633. The van der Waals surface area contributed by atoms with Gasteiger partial charge in [0.1, 0.15) is 0 Å². The minimum atomic E-state index is 0.00870. The molecular formula is C4H5IN2O. The molecule has 0 saturated carbocycles. The van der Waals surface area contributed by atoms with Gasteiger partial charge in [0.25, 0.3) is 5.56 Å². The van der Waals surface area contributed by atoms with E-state index in [0.717, 1.165) is 3.70 Å². The van der Waals surface area contributed by atoms with Gasteiger partial charge in [0, 0.05) is 13.1 Å². The molecule has 0 aromatic carbocycles. The molecule has 0 radical (unpaired) electrons. The van der Waals surface area contributed by atoms with Crippen molar-refractivity contribution < 1.29 is 0 Å². The van der Waals surface area contributed by atoms with Gasteiger partial charge < -0.3 is 0 Å². The Balaban J connectivity index is 3.35. The molecule has 1 aromatic rings. The second-order valence-electron chi connectivity index (χ2n) is 1.50. The van der Waals surface area contributed by atoms with Crippen molar-refractivity contribution in [1.82, 2.24) is 9.78 Å². The molecule has 1 heterocycles. The number of hydrogen-bond donors (Lipinski definition) is 1. The van der Waals surface area contributed by atoms with Crippen LogP contribution in [0.1, 0.15) is 0 Å². The van der Waals surface area contributed by atoms with E-state index in [1.807, 2.05) is 22.6 Å². The highest BCUT2D eigenvalue weighted by Crippen LogP contribution is 1.91. The van der Waals surface area contributed by atoms with Gasteiger partial charge >= 0.3 is 0 Å². The molecule has 4 heteroatoms. The number of nitrogens with zero attached hydrogens (tertiary/aromatic N) is 1. The van der Waals surface area contributed by atoms with E-state index < -0.39 is 0 Å². The van der Waals surface area contributed by atoms with Gasteiger partial charge in [-0.3, -0.25) is 14.6 Å². The van der Waals surface area contributed by atoms with E-state index in [9.17, 15) is 4.79 Å².